The Balaban J connectivity index is 1.71. The molecule has 7 heteroatoms. The van der Waals surface area contributed by atoms with E-state index in [4.69, 9.17) is 9.47 Å². The highest BCUT2D eigenvalue weighted by molar-refractivity contribution is 8.18. The number of esters is 1. The van der Waals surface area contributed by atoms with Crippen LogP contribution in [0.15, 0.2) is 23.1 Å². The fourth-order valence-corrected chi connectivity index (χ4v) is 3.73. The number of methoxy groups -OCH3 is 1. The molecule has 3 rings (SSSR count). The minimum atomic E-state index is -0.416. The molecule has 1 aliphatic heterocycles. The van der Waals surface area contributed by atoms with Crippen molar-refractivity contribution in [3.63, 3.8) is 0 Å². The van der Waals surface area contributed by atoms with Crippen molar-refractivity contribution in [2.24, 2.45) is 5.92 Å². The zero-order valence-corrected chi connectivity index (χ0v) is 14.7. The van der Waals surface area contributed by atoms with E-state index >= 15 is 0 Å². The van der Waals surface area contributed by atoms with Crippen molar-refractivity contribution in [2.45, 2.75) is 32.1 Å². The van der Waals surface area contributed by atoms with E-state index in [0.29, 0.717) is 34.3 Å². The van der Waals surface area contributed by atoms with Gasteiger partial charge in [0.15, 0.2) is 11.5 Å². The Kier molecular flexibility index (Phi) is 5.43. The Morgan fingerprint density at radius 1 is 1.28 bits per heavy atom. The number of hydrogen-bond donors (Lipinski definition) is 1. The highest BCUT2D eigenvalue weighted by Gasteiger charge is 2.25. The number of carbonyl (C=O) groups is 3. The molecular weight excluding hydrogens is 342 g/mol. The van der Waals surface area contributed by atoms with Crippen LogP contribution in [-0.4, -0.2) is 24.2 Å². The molecule has 0 bridgehead atoms. The topological polar surface area (TPSA) is 81.7 Å². The first-order chi connectivity index (χ1) is 12.0. The second kappa shape index (κ2) is 7.74. The Morgan fingerprint density at radius 3 is 2.68 bits per heavy atom. The molecule has 0 unspecified atom stereocenters. The van der Waals surface area contributed by atoms with Gasteiger partial charge in [-0.15, -0.1) is 0 Å². The van der Waals surface area contributed by atoms with E-state index in [2.05, 4.69) is 5.32 Å². The maximum Gasteiger partial charge on any atom is 0.311 e. The van der Waals surface area contributed by atoms with Crippen molar-refractivity contribution in [2.75, 3.05) is 7.11 Å². The van der Waals surface area contributed by atoms with Gasteiger partial charge in [0, 0.05) is 6.42 Å². The van der Waals surface area contributed by atoms with Crippen LogP contribution in [0, 0.1) is 5.92 Å². The molecule has 1 saturated carbocycles. The highest BCUT2D eigenvalue weighted by atomic mass is 32.2. The molecule has 1 aromatic carbocycles. The van der Waals surface area contributed by atoms with Gasteiger partial charge < -0.3 is 9.47 Å². The van der Waals surface area contributed by atoms with Gasteiger partial charge in [-0.3, -0.25) is 19.7 Å². The lowest BCUT2D eigenvalue weighted by Crippen LogP contribution is -2.17. The Morgan fingerprint density at radius 2 is 2.04 bits per heavy atom. The first kappa shape index (κ1) is 17.5. The molecule has 1 heterocycles. The zero-order valence-electron chi connectivity index (χ0n) is 13.9. The summed E-state index contributed by atoms with van der Waals surface area (Å²) in [7, 11) is 1.49. The standard InChI is InChI=1S/C18H19NO5S/c1-23-14-8-12(9-15-17(21)19-18(22)25-15)6-7-13(14)24-16(20)10-11-4-2-3-5-11/h6-9,11H,2-5,10H2,1H3,(H,19,21,22)/b15-9-. The Hall–Kier alpha value is -2.28. The second-order valence-electron chi connectivity index (χ2n) is 6.09. The van der Waals surface area contributed by atoms with Crippen LogP contribution in [0.5, 0.6) is 11.5 Å². The third-order valence-electron chi connectivity index (χ3n) is 4.28. The molecule has 132 valence electrons. The average molecular weight is 361 g/mol. The van der Waals surface area contributed by atoms with Gasteiger partial charge in [0.1, 0.15) is 0 Å². The molecule has 0 spiro atoms. The summed E-state index contributed by atoms with van der Waals surface area (Å²) < 4.78 is 10.7. The lowest BCUT2D eigenvalue weighted by molar-refractivity contribution is -0.135. The number of rotatable bonds is 5. The number of amides is 2. The van der Waals surface area contributed by atoms with E-state index in [-0.39, 0.29) is 11.2 Å². The molecule has 2 amide bonds. The van der Waals surface area contributed by atoms with E-state index < -0.39 is 5.91 Å². The van der Waals surface area contributed by atoms with Gasteiger partial charge in [-0.2, -0.15) is 0 Å². The molecule has 1 N–H and O–H groups in total. The van der Waals surface area contributed by atoms with Gasteiger partial charge in [0.2, 0.25) is 0 Å². The molecule has 1 saturated heterocycles. The van der Waals surface area contributed by atoms with E-state index in [0.717, 1.165) is 24.6 Å². The monoisotopic (exact) mass is 361 g/mol. The van der Waals surface area contributed by atoms with Crippen LogP contribution < -0.4 is 14.8 Å². The molecule has 1 aliphatic carbocycles. The summed E-state index contributed by atoms with van der Waals surface area (Å²) in [5.74, 6) is 0.503. The molecule has 0 radical (unpaired) electrons. The van der Waals surface area contributed by atoms with Gasteiger partial charge in [0.05, 0.1) is 12.0 Å². The van der Waals surface area contributed by atoms with Crippen LogP contribution >= 0.6 is 11.8 Å². The van der Waals surface area contributed by atoms with Crippen LogP contribution in [-0.2, 0) is 9.59 Å². The summed E-state index contributed by atoms with van der Waals surface area (Å²) in [5, 5.41) is 1.82. The first-order valence-electron chi connectivity index (χ1n) is 8.18. The summed E-state index contributed by atoms with van der Waals surface area (Å²) in [6, 6.07) is 5.02. The molecule has 0 atom stereocenters. The zero-order chi connectivity index (χ0) is 17.8. The summed E-state index contributed by atoms with van der Waals surface area (Å²) in [6.45, 7) is 0. The van der Waals surface area contributed by atoms with Crippen molar-refractivity contribution in [3.05, 3.63) is 28.7 Å². The predicted molar refractivity (Wildman–Crippen MR) is 94.3 cm³/mol. The van der Waals surface area contributed by atoms with E-state index in [9.17, 15) is 14.4 Å². The Bertz CT molecular complexity index is 737. The van der Waals surface area contributed by atoms with Crippen LogP contribution in [0.25, 0.3) is 6.08 Å². The van der Waals surface area contributed by atoms with Crippen molar-refractivity contribution < 1.29 is 23.9 Å². The van der Waals surface area contributed by atoms with Crippen LogP contribution in [0.1, 0.15) is 37.7 Å². The third-order valence-corrected chi connectivity index (χ3v) is 5.09. The van der Waals surface area contributed by atoms with Crippen LogP contribution in [0.2, 0.25) is 0 Å². The first-order valence-corrected chi connectivity index (χ1v) is 9.00. The number of imide groups is 1. The summed E-state index contributed by atoms with van der Waals surface area (Å²) in [5.41, 5.74) is 0.680. The fourth-order valence-electron chi connectivity index (χ4n) is 3.05. The van der Waals surface area contributed by atoms with Gasteiger partial charge in [0.25, 0.3) is 11.1 Å². The van der Waals surface area contributed by atoms with Crippen molar-refractivity contribution in [1.82, 2.24) is 5.32 Å². The lowest BCUT2D eigenvalue weighted by Gasteiger charge is -2.12. The average Bonchev–Trinajstić information content (AvgIpc) is 3.18. The van der Waals surface area contributed by atoms with Crippen molar-refractivity contribution >= 4 is 35.0 Å². The molecule has 1 aromatic rings. The molecule has 25 heavy (non-hydrogen) atoms. The summed E-state index contributed by atoms with van der Waals surface area (Å²) >= 11 is 0.850. The van der Waals surface area contributed by atoms with E-state index in [1.54, 1.807) is 24.3 Å². The minimum absolute atomic E-state index is 0.257. The van der Waals surface area contributed by atoms with Gasteiger partial charge in [-0.1, -0.05) is 18.9 Å². The molecule has 2 aliphatic rings. The number of hydrogen-bond acceptors (Lipinski definition) is 6. The third kappa shape index (κ3) is 4.42. The fraction of sp³-hybridized carbons (Fsp3) is 0.389. The molecule has 6 nitrogen and oxygen atoms in total. The molecular formula is C18H19NO5S. The minimum Gasteiger partial charge on any atom is -0.493 e. The molecule has 0 aromatic heterocycles. The van der Waals surface area contributed by atoms with Crippen molar-refractivity contribution in [3.8, 4) is 11.5 Å². The maximum atomic E-state index is 12.1. The normalized spacial score (nSPS) is 19.3. The lowest BCUT2D eigenvalue weighted by atomic mass is 10.0. The highest BCUT2D eigenvalue weighted by Crippen LogP contribution is 2.33. The number of thioether (sulfide) groups is 1. The van der Waals surface area contributed by atoms with Crippen molar-refractivity contribution in [1.29, 1.82) is 0 Å². The van der Waals surface area contributed by atoms with Gasteiger partial charge in [-0.25, -0.2) is 0 Å². The second-order valence-corrected chi connectivity index (χ2v) is 7.11. The summed E-state index contributed by atoms with van der Waals surface area (Å²) in [4.78, 5) is 35.2. The number of benzene rings is 1. The van der Waals surface area contributed by atoms with E-state index in [1.807, 2.05) is 0 Å². The van der Waals surface area contributed by atoms with Gasteiger partial charge >= 0.3 is 5.97 Å². The molecule has 2 fully saturated rings. The van der Waals surface area contributed by atoms with Crippen LogP contribution in [0.4, 0.5) is 4.79 Å². The quantitative estimate of drug-likeness (QED) is 0.491. The van der Waals surface area contributed by atoms with E-state index in [1.165, 1.54) is 20.0 Å². The SMILES string of the molecule is COc1cc(/C=C2\SC(=O)NC2=O)ccc1OC(=O)CC1CCCC1. The number of ether oxygens (including phenoxy) is 2. The van der Waals surface area contributed by atoms with Crippen LogP contribution in [0.3, 0.4) is 0 Å². The smallest absolute Gasteiger partial charge is 0.311 e. The number of nitrogens with one attached hydrogen (secondary N) is 1. The van der Waals surface area contributed by atoms with Gasteiger partial charge in [-0.05, 0) is 54.3 Å². The predicted octanol–water partition coefficient (Wildman–Crippen LogP) is 3.50. The summed E-state index contributed by atoms with van der Waals surface area (Å²) in [6.07, 6.45) is 6.54. The largest absolute Gasteiger partial charge is 0.493 e. The maximum absolute atomic E-state index is 12.1. The number of carbonyl (C=O) groups excluding carboxylic acids is 3. The Labute approximate surface area is 149 Å².